The lowest BCUT2D eigenvalue weighted by atomic mass is 9.84. The number of benzene rings is 1. The van der Waals surface area contributed by atoms with Crippen LogP contribution in [0.4, 0.5) is 11.6 Å². The SMILES string of the molecule is C[C@H](Nc1nc(=O)n(C2CCOCC2)c(=O)[nH]1)c1cccc(N2CC(C)(C)C2)c1. The van der Waals surface area contributed by atoms with E-state index in [1.54, 1.807) is 0 Å². The molecule has 2 saturated heterocycles. The fourth-order valence-corrected chi connectivity index (χ4v) is 4.21. The van der Waals surface area contributed by atoms with Crippen molar-refractivity contribution < 1.29 is 4.74 Å². The zero-order valence-electron chi connectivity index (χ0n) is 17.3. The summed E-state index contributed by atoms with van der Waals surface area (Å²) in [5.74, 6) is 0.200. The predicted octanol–water partition coefficient (Wildman–Crippen LogP) is 2.30. The maximum atomic E-state index is 12.5. The summed E-state index contributed by atoms with van der Waals surface area (Å²) in [6, 6.07) is 8.07. The highest BCUT2D eigenvalue weighted by atomic mass is 16.5. The van der Waals surface area contributed by atoms with Crippen molar-refractivity contribution in [3.05, 3.63) is 50.8 Å². The topological polar surface area (TPSA) is 92.2 Å². The predicted molar refractivity (Wildman–Crippen MR) is 113 cm³/mol. The molecular formula is C21H29N5O3. The summed E-state index contributed by atoms with van der Waals surface area (Å²) < 4.78 is 6.53. The van der Waals surface area contributed by atoms with E-state index in [0.29, 0.717) is 31.5 Å². The molecule has 2 aromatic rings. The molecule has 0 amide bonds. The molecule has 0 unspecified atom stereocenters. The maximum absolute atomic E-state index is 12.5. The normalized spacial score (nSPS) is 20.2. The van der Waals surface area contributed by atoms with Gasteiger partial charge in [0.15, 0.2) is 0 Å². The van der Waals surface area contributed by atoms with Gasteiger partial charge in [-0.05, 0) is 42.9 Å². The fraction of sp³-hybridized carbons (Fsp3) is 0.571. The summed E-state index contributed by atoms with van der Waals surface area (Å²) >= 11 is 0. The molecule has 0 saturated carbocycles. The summed E-state index contributed by atoms with van der Waals surface area (Å²) in [7, 11) is 0. The van der Waals surface area contributed by atoms with Crippen molar-refractivity contribution in [3.8, 4) is 0 Å². The standard InChI is InChI=1S/C21H29N5O3/c1-14(15-5-4-6-17(11-15)25-12-21(2,3)13-25)22-18-23-19(27)26(20(28)24-18)16-7-9-29-10-8-16/h4-6,11,14,16H,7-10,12-13H2,1-3H3,(H2,22,23,24,27,28)/t14-/m0/s1. The molecule has 8 nitrogen and oxygen atoms in total. The zero-order valence-corrected chi connectivity index (χ0v) is 17.3. The van der Waals surface area contributed by atoms with Crippen LogP contribution < -0.4 is 21.6 Å². The van der Waals surface area contributed by atoms with Gasteiger partial charge >= 0.3 is 11.4 Å². The minimum atomic E-state index is -0.521. The van der Waals surface area contributed by atoms with Crippen LogP contribution in [0.15, 0.2) is 33.9 Å². The molecule has 0 spiro atoms. The summed E-state index contributed by atoms with van der Waals surface area (Å²) in [5, 5.41) is 3.17. The average Bonchev–Trinajstić information content (AvgIpc) is 2.66. The maximum Gasteiger partial charge on any atom is 0.355 e. The molecule has 29 heavy (non-hydrogen) atoms. The third-order valence-corrected chi connectivity index (χ3v) is 5.74. The van der Waals surface area contributed by atoms with Gasteiger partial charge < -0.3 is 15.0 Å². The molecule has 156 valence electrons. The van der Waals surface area contributed by atoms with Gasteiger partial charge in [0.05, 0.1) is 6.04 Å². The second-order valence-electron chi connectivity index (χ2n) is 8.87. The van der Waals surface area contributed by atoms with E-state index in [9.17, 15) is 9.59 Å². The van der Waals surface area contributed by atoms with Crippen molar-refractivity contribution >= 4 is 11.6 Å². The molecule has 1 aromatic carbocycles. The number of nitrogens with one attached hydrogen (secondary N) is 2. The summed E-state index contributed by atoms with van der Waals surface area (Å²) in [6.45, 7) is 9.71. The van der Waals surface area contributed by atoms with E-state index in [-0.39, 0.29) is 18.0 Å². The van der Waals surface area contributed by atoms with Crippen molar-refractivity contribution in [2.24, 2.45) is 5.41 Å². The Hall–Kier alpha value is -2.61. The van der Waals surface area contributed by atoms with E-state index < -0.39 is 11.4 Å². The van der Waals surface area contributed by atoms with Gasteiger partial charge in [0.25, 0.3) is 0 Å². The van der Waals surface area contributed by atoms with Gasteiger partial charge in [-0.15, -0.1) is 0 Å². The monoisotopic (exact) mass is 399 g/mol. The van der Waals surface area contributed by atoms with E-state index in [0.717, 1.165) is 18.7 Å². The summed E-state index contributed by atoms with van der Waals surface area (Å²) in [6.07, 6.45) is 1.29. The molecule has 1 atom stereocenters. The molecule has 2 fully saturated rings. The van der Waals surface area contributed by atoms with Crippen LogP contribution in [-0.4, -0.2) is 40.8 Å². The van der Waals surface area contributed by atoms with E-state index in [2.05, 4.69) is 46.2 Å². The van der Waals surface area contributed by atoms with Gasteiger partial charge in [-0.1, -0.05) is 26.0 Å². The van der Waals surface area contributed by atoms with Gasteiger partial charge in [-0.3, -0.25) is 4.98 Å². The molecule has 0 bridgehead atoms. The Morgan fingerprint density at radius 2 is 1.97 bits per heavy atom. The molecule has 8 heteroatoms. The number of H-pyrrole nitrogens is 1. The molecular weight excluding hydrogens is 370 g/mol. The molecule has 4 rings (SSSR count). The second-order valence-corrected chi connectivity index (χ2v) is 8.87. The number of nitrogens with zero attached hydrogens (tertiary/aromatic N) is 3. The van der Waals surface area contributed by atoms with Crippen molar-refractivity contribution in [2.75, 3.05) is 36.5 Å². The van der Waals surface area contributed by atoms with E-state index >= 15 is 0 Å². The Morgan fingerprint density at radius 3 is 2.62 bits per heavy atom. The molecule has 0 aliphatic carbocycles. The average molecular weight is 399 g/mol. The summed E-state index contributed by atoms with van der Waals surface area (Å²) in [5.41, 5.74) is 1.67. The van der Waals surface area contributed by atoms with E-state index in [1.807, 2.05) is 19.1 Å². The molecule has 0 radical (unpaired) electrons. The van der Waals surface area contributed by atoms with Crippen LogP contribution in [0.5, 0.6) is 0 Å². The first-order chi connectivity index (χ1) is 13.8. The first kappa shape index (κ1) is 19.7. The lowest BCUT2D eigenvalue weighted by molar-refractivity contribution is 0.0670. The van der Waals surface area contributed by atoms with Gasteiger partial charge in [0.2, 0.25) is 5.95 Å². The molecule has 3 heterocycles. The van der Waals surface area contributed by atoms with Crippen molar-refractivity contribution in [1.82, 2.24) is 14.5 Å². The molecule has 2 aliphatic heterocycles. The fourth-order valence-electron chi connectivity index (χ4n) is 4.21. The lowest BCUT2D eigenvalue weighted by Crippen LogP contribution is -2.53. The zero-order chi connectivity index (χ0) is 20.6. The largest absolute Gasteiger partial charge is 0.381 e. The van der Waals surface area contributed by atoms with Crippen LogP contribution in [0.2, 0.25) is 0 Å². The third-order valence-electron chi connectivity index (χ3n) is 5.74. The smallest absolute Gasteiger partial charge is 0.355 e. The lowest BCUT2D eigenvalue weighted by Gasteiger charge is -2.47. The van der Waals surface area contributed by atoms with Gasteiger partial charge in [-0.25, -0.2) is 14.2 Å². The highest BCUT2D eigenvalue weighted by molar-refractivity contribution is 5.52. The quantitative estimate of drug-likeness (QED) is 0.802. The molecule has 2 aliphatic rings. The highest BCUT2D eigenvalue weighted by Gasteiger charge is 2.34. The first-order valence-corrected chi connectivity index (χ1v) is 10.2. The number of rotatable bonds is 5. The number of aromatic nitrogens is 3. The Balaban J connectivity index is 1.49. The van der Waals surface area contributed by atoms with Gasteiger partial charge in [0.1, 0.15) is 0 Å². The Morgan fingerprint density at radius 1 is 1.24 bits per heavy atom. The van der Waals surface area contributed by atoms with Crippen LogP contribution in [0.1, 0.15) is 51.3 Å². The van der Waals surface area contributed by atoms with Crippen LogP contribution in [0, 0.1) is 5.41 Å². The van der Waals surface area contributed by atoms with Crippen LogP contribution >= 0.6 is 0 Å². The van der Waals surface area contributed by atoms with Crippen LogP contribution in [0.25, 0.3) is 0 Å². The van der Waals surface area contributed by atoms with Gasteiger partial charge in [0, 0.05) is 38.0 Å². The van der Waals surface area contributed by atoms with E-state index in [1.165, 1.54) is 10.3 Å². The number of anilines is 2. The molecule has 1 aromatic heterocycles. The number of hydrogen-bond donors (Lipinski definition) is 2. The Labute approximate surface area is 169 Å². The minimum Gasteiger partial charge on any atom is -0.381 e. The second kappa shape index (κ2) is 7.67. The summed E-state index contributed by atoms with van der Waals surface area (Å²) in [4.78, 5) is 34.1. The third kappa shape index (κ3) is 4.22. The molecule has 2 N–H and O–H groups in total. The minimum absolute atomic E-state index is 0.106. The Kier molecular flexibility index (Phi) is 5.21. The first-order valence-electron chi connectivity index (χ1n) is 10.2. The van der Waals surface area contributed by atoms with Crippen molar-refractivity contribution in [3.63, 3.8) is 0 Å². The van der Waals surface area contributed by atoms with Crippen molar-refractivity contribution in [2.45, 2.75) is 45.7 Å². The number of hydrogen-bond acceptors (Lipinski definition) is 6. The van der Waals surface area contributed by atoms with E-state index in [4.69, 9.17) is 4.74 Å². The van der Waals surface area contributed by atoms with Crippen LogP contribution in [0.3, 0.4) is 0 Å². The Bertz CT molecular complexity index is 951. The van der Waals surface area contributed by atoms with Crippen LogP contribution in [-0.2, 0) is 4.74 Å². The highest BCUT2D eigenvalue weighted by Crippen LogP contribution is 2.34. The van der Waals surface area contributed by atoms with Gasteiger partial charge in [-0.2, -0.15) is 4.98 Å². The number of aromatic amines is 1. The van der Waals surface area contributed by atoms with Crippen molar-refractivity contribution in [1.29, 1.82) is 0 Å². The number of ether oxygens (including phenoxy) is 1.